The molecule has 2 heterocycles. The minimum Gasteiger partial charge on any atom is -0.356 e. The van der Waals surface area contributed by atoms with Crippen LogP contribution in [0, 0.1) is 0 Å². The Morgan fingerprint density at radius 2 is 1.83 bits per heavy atom. The van der Waals surface area contributed by atoms with Crippen LogP contribution in [0.15, 0.2) is 29.1 Å². The highest BCUT2D eigenvalue weighted by molar-refractivity contribution is 6.05. The summed E-state index contributed by atoms with van der Waals surface area (Å²) < 4.78 is 2.74. The molecule has 0 fully saturated rings. The summed E-state index contributed by atoms with van der Waals surface area (Å²) in [5.41, 5.74) is 1.06. The van der Waals surface area contributed by atoms with Crippen molar-refractivity contribution in [3.63, 3.8) is 0 Å². The lowest BCUT2D eigenvalue weighted by atomic mass is 10.1. The number of rotatable bonds is 4. The van der Waals surface area contributed by atoms with Gasteiger partial charge in [-0.25, -0.2) is 4.68 Å². The van der Waals surface area contributed by atoms with Gasteiger partial charge in [0.1, 0.15) is 11.4 Å². The molecule has 0 atom stereocenters. The highest BCUT2D eigenvalue weighted by Crippen LogP contribution is 2.26. The van der Waals surface area contributed by atoms with Crippen LogP contribution in [-0.4, -0.2) is 34.1 Å². The fraction of sp³-hybridized carbons (Fsp3) is 0.353. The number of fused-ring (bicyclic) bond motifs is 2. The number of hydrogen-bond acceptors (Lipinski definition) is 4. The first kappa shape index (κ1) is 15.3. The number of nitrogens with zero attached hydrogens (tertiary/aromatic N) is 3. The fourth-order valence-electron chi connectivity index (χ4n) is 3.15. The van der Waals surface area contributed by atoms with E-state index >= 15 is 0 Å². The van der Waals surface area contributed by atoms with Gasteiger partial charge in [0, 0.05) is 18.7 Å². The molecule has 3 rings (SSSR count). The summed E-state index contributed by atoms with van der Waals surface area (Å²) in [6, 6.07) is 7.23. The van der Waals surface area contributed by atoms with Crippen LogP contribution in [0.5, 0.6) is 0 Å². The average molecular weight is 313 g/mol. The normalized spacial score (nSPS) is 12.7. The van der Waals surface area contributed by atoms with Crippen molar-refractivity contribution in [2.45, 2.75) is 27.3 Å². The van der Waals surface area contributed by atoms with Gasteiger partial charge in [-0.1, -0.05) is 18.2 Å². The van der Waals surface area contributed by atoms with Crippen molar-refractivity contribution in [2.24, 2.45) is 0 Å². The number of ketones is 1. The van der Waals surface area contributed by atoms with Crippen LogP contribution in [0.4, 0.5) is 5.82 Å². The highest BCUT2D eigenvalue weighted by atomic mass is 16.2. The van der Waals surface area contributed by atoms with E-state index < -0.39 is 5.56 Å². The highest BCUT2D eigenvalue weighted by Gasteiger charge is 2.33. The largest absolute Gasteiger partial charge is 0.356 e. The molecule has 1 aliphatic heterocycles. The molecule has 120 valence electrons. The molecule has 0 N–H and O–H groups in total. The zero-order valence-electron chi connectivity index (χ0n) is 13.5. The van der Waals surface area contributed by atoms with Crippen LogP contribution < -0.4 is 10.5 Å². The predicted octanol–water partition coefficient (Wildman–Crippen LogP) is 1.75. The first-order chi connectivity index (χ1) is 11.0. The summed E-state index contributed by atoms with van der Waals surface area (Å²) >= 11 is 0. The maximum absolute atomic E-state index is 12.9. The van der Waals surface area contributed by atoms with Gasteiger partial charge < -0.3 is 4.90 Å². The molecule has 6 nitrogen and oxygen atoms in total. The van der Waals surface area contributed by atoms with E-state index in [4.69, 9.17) is 0 Å². The Morgan fingerprint density at radius 3 is 2.43 bits per heavy atom. The molecule has 1 aromatic heterocycles. The quantitative estimate of drug-likeness (QED) is 0.688. The van der Waals surface area contributed by atoms with Gasteiger partial charge in [0.15, 0.2) is 5.78 Å². The van der Waals surface area contributed by atoms with Crippen molar-refractivity contribution in [3.05, 3.63) is 51.3 Å². The summed E-state index contributed by atoms with van der Waals surface area (Å²) in [7, 11) is 0. The standard InChI is InChI=1S/C17H19N3O3/c1-4-18(5-2)15-14(11(3)21)17(23)19-10-12-8-6-7-9-13(12)16(22)20(15)19/h6-9H,4-5,10H2,1-3H3. The van der Waals surface area contributed by atoms with E-state index in [0.29, 0.717) is 31.0 Å². The first-order valence-corrected chi connectivity index (χ1v) is 7.75. The summed E-state index contributed by atoms with van der Waals surface area (Å²) in [5, 5.41) is 0. The first-order valence-electron chi connectivity index (χ1n) is 7.75. The van der Waals surface area contributed by atoms with Gasteiger partial charge in [-0.3, -0.25) is 14.4 Å². The second-order valence-electron chi connectivity index (χ2n) is 5.56. The number of Topliss-reactive ketones (excluding diaryl/α,β-unsaturated/α-hetero) is 1. The Kier molecular flexibility index (Phi) is 3.67. The van der Waals surface area contributed by atoms with Gasteiger partial charge in [-0.15, -0.1) is 0 Å². The van der Waals surface area contributed by atoms with Crippen molar-refractivity contribution in [2.75, 3.05) is 18.0 Å². The monoisotopic (exact) mass is 313 g/mol. The maximum atomic E-state index is 12.9. The van der Waals surface area contributed by atoms with Crippen LogP contribution in [0.3, 0.4) is 0 Å². The molecule has 2 aromatic rings. The Labute approximate surface area is 133 Å². The molecule has 0 spiro atoms. The SMILES string of the molecule is CCN(CC)c1c(C(C)=O)c(=O)n2n1C(=O)c1ccccc1C2. The molecule has 6 heteroatoms. The number of aromatic nitrogens is 2. The summed E-state index contributed by atoms with van der Waals surface area (Å²) in [6.07, 6.45) is 0. The third-order valence-electron chi connectivity index (χ3n) is 4.29. The molecule has 1 aliphatic rings. The van der Waals surface area contributed by atoms with Crippen molar-refractivity contribution < 1.29 is 9.59 Å². The third kappa shape index (κ3) is 2.13. The number of hydrogen-bond donors (Lipinski definition) is 0. The van der Waals surface area contributed by atoms with E-state index in [1.165, 1.54) is 16.3 Å². The van der Waals surface area contributed by atoms with Crippen LogP contribution in [0.2, 0.25) is 0 Å². The zero-order valence-corrected chi connectivity index (χ0v) is 13.5. The second kappa shape index (κ2) is 5.53. The average Bonchev–Trinajstić information content (AvgIpc) is 2.83. The minimum absolute atomic E-state index is 0.0925. The molecule has 0 amide bonds. The summed E-state index contributed by atoms with van der Waals surface area (Å²) in [5.74, 6) is -0.173. The Bertz CT molecular complexity index is 856. The van der Waals surface area contributed by atoms with Crippen molar-refractivity contribution in [3.8, 4) is 0 Å². The maximum Gasteiger partial charge on any atom is 0.280 e. The number of benzene rings is 1. The smallest absolute Gasteiger partial charge is 0.280 e. The number of anilines is 1. The van der Waals surface area contributed by atoms with Gasteiger partial charge in [0.05, 0.1) is 6.54 Å². The van der Waals surface area contributed by atoms with Crippen LogP contribution >= 0.6 is 0 Å². The Morgan fingerprint density at radius 1 is 1.17 bits per heavy atom. The lowest BCUT2D eigenvalue weighted by molar-refractivity contribution is 0.0917. The molecule has 23 heavy (non-hydrogen) atoms. The minimum atomic E-state index is -0.401. The predicted molar refractivity (Wildman–Crippen MR) is 87.5 cm³/mol. The molecule has 1 aromatic carbocycles. The van der Waals surface area contributed by atoms with Gasteiger partial charge in [-0.2, -0.15) is 4.68 Å². The molecular weight excluding hydrogens is 294 g/mol. The van der Waals surface area contributed by atoms with Gasteiger partial charge >= 0.3 is 0 Å². The second-order valence-corrected chi connectivity index (χ2v) is 5.56. The van der Waals surface area contributed by atoms with E-state index in [1.807, 2.05) is 30.9 Å². The van der Waals surface area contributed by atoms with E-state index in [0.717, 1.165) is 5.56 Å². The van der Waals surface area contributed by atoms with Crippen LogP contribution in [-0.2, 0) is 6.54 Å². The van der Waals surface area contributed by atoms with E-state index in [9.17, 15) is 14.4 Å². The lowest BCUT2D eigenvalue weighted by Gasteiger charge is -2.26. The molecular formula is C17H19N3O3. The molecule has 0 bridgehead atoms. The van der Waals surface area contributed by atoms with Crippen LogP contribution in [0.1, 0.15) is 47.1 Å². The summed E-state index contributed by atoms with van der Waals surface area (Å²) in [4.78, 5) is 39.6. The van der Waals surface area contributed by atoms with Crippen LogP contribution in [0.25, 0.3) is 0 Å². The molecule has 0 radical (unpaired) electrons. The van der Waals surface area contributed by atoms with Gasteiger partial charge in [0.2, 0.25) is 0 Å². The third-order valence-corrected chi connectivity index (χ3v) is 4.29. The molecule has 0 saturated heterocycles. The zero-order chi connectivity index (χ0) is 16.7. The molecule has 0 aliphatic carbocycles. The van der Waals surface area contributed by atoms with E-state index in [-0.39, 0.29) is 17.3 Å². The van der Waals surface area contributed by atoms with Crippen molar-refractivity contribution in [1.29, 1.82) is 0 Å². The molecule has 0 unspecified atom stereocenters. The number of carbonyl (C=O) groups is 2. The topological polar surface area (TPSA) is 64.3 Å². The Balaban J connectivity index is 2.34. The van der Waals surface area contributed by atoms with E-state index in [2.05, 4.69) is 0 Å². The lowest BCUT2D eigenvalue weighted by Crippen LogP contribution is -2.36. The van der Waals surface area contributed by atoms with Crippen molar-refractivity contribution in [1.82, 2.24) is 9.36 Å². The fourth-order valence-corrected chi connectivity index (χ4v) is 3.15. The van der Waals surface area contributed by atoms with E-state index in [1.54, 1.807) is 12.1 Å². The molecule has 0 saturated carbocycles. The summed E-state index contributed by atoms with van der Waals surface area (Å²) in [6.45, 7) is 6.74. The van der Waals surface area contributed by atoms with Crippen molar-refractivity contribution >= 4 is 17.5 Å². The van der Waals surface area contributed by atoms with Gasteiger partial charge in [0.25, 0.3) is 11.5 Å². The Hall–Kier alpha value is -2.63. The van der Waals surface area contributed by atoms with Gasteiger partial charge in [-0.05, 0) is 32.4 Å². The number of carbonyl (C=O) groups excluding carboxylic acids is 2.